The fraction of sp³-hybridized carbons (Fsp3) is 0.310. The van der Waals surface area contributed by atoms with E-state index in [0.717, 1.165) is 17.7 Å². The summed E-state index contributed by atoms with van der Waals surface area (Å²) >= 11 is 1.24. The lowest BCUT2D eigenvalue weighted by molar-refractivity contribution is -0.119. The van der Waals surface area contributed by atoms with E-state index < -0.39 is 0 Å². The van der Waals surface area contributed by atoms with Gasteiger partial charge in [-0.2, -0.15) is 0 Å². The number of nitrogens with one attached hydrogen (secondary N) is 1. The number of pyridine rings is 1. The second-order valence-electron chi connectivity index (χ2n) is 10.0. The van der Waals surface area contributed by atoms with E-state index in [1.165, 1.54) is 17.3 Å². The smallest absolute Gasteiger partial charge is 0.268 e. The summed E-state index contributed by atoms with van der Waals surface area (Å²) in [7, 11) is 0. The molecule has 0 fully saturated rings. The molecule has 3 heterocycles. The van der Waals surface area contributed by atoms with E-state index in [9.17, 15) is 9.59 Å². The first-order valence-electron chi connectivity index (χ1n) is 12.4. The van der Waals surface area contributed by atoms with E-state index in [-0.39, 0.29) is 28.9 Å². The molecule has 4 aromatic rings. The second kappa shape index (κ2) is 10.5. The number of aromatic nitrogens is 3. The Bertz CT molecular complexity index is 1490. The maximum Gasteiger partial charge on any atom is 0.268 e. The fourth-order valence-corrected chi connectivity index (χ4v) is 5.36. The number of nitrogens with zero attached hydrogens (tertiary/aromatic N) is 3. The Morgan fingerprint density at radius 1 is 1.11 bits per heavy atom. The van der Waals surface area contributed by atoms with Gasteiger partial charge in [0.1, 0.15) is 0 Å². The zero-order valence-electron chi connectivity index (χ0n) is 21.2. The normalized spacial score (nSPS) is 15.2. The molecule has 7 nitrogen and oxygen atoms in total. The topological polar surface area (TPSA) is 86.1 Å². The predicted octanol–water partition coefficient (Wildman–Crippen LogP) is 4.47. The van der Waals surface area contributed by atoms with Crippen molar-refractivity contribution in [2.24, 2.45) is 0 Å². The lowest BCUT2D eigenvalue weighted by atomic mass is 9.95. The Kier molecular flexibility index (Phi) is 7.13. The van der Waals surface area contributed by atoms with Crippen LogP contribution >= 0.6 is 11.8 Å². The van der Waals surface area contributed by atoms with Crippen LogP contribution in [0.25, 0.3) is 16.7 Å². The van der Waals surface area contributed by atoms with Crippen LogP contribution in [0.15, 0.2) is 76.7 Å². The van der Waals surface area contributed by atoms with Gasteiger partial charge >= 0.3 is 0 Å². The Hall–Kier alpha value is -3.49. The van der Waals surface area contributed by atoms with Gasteiger partial charge in [0.2, 0.25) is 5.91 Å². The van der Waals surface area contributed by atoms with E-state index in [1.54, 1.807) is 4.57 Å². The summed E-state index contributed by atoms with van der Waals surface area (Å²) in [6, 6.07) is 21.3. The number of ether oxygens (including phenoxy) is 1. The van der Waals surface area contributed by atoms with E-state index >= 15 is 0 Å². The lowest BCUT2D eigenvalue weighted by Crippen LogP contribution is -2.35. The molecule has 1 aliphatic rings. The molecule has 0 aliphatic carbocycles. The fourth-order valence-electron chi connectivity index (χ4n) is 4.54. The van der Waals surface area contributed by atoms with Crippen LogP contribution in [0.4, 0.5) is 0 Å². The van der Waals surface area contributed by atoms with Crippen LogP contribution in [-0.2, 0) is 29.0 Å². The minimum Gasteiger partial charge on any atom is -0.370 e. The first-order chi connectivity index (χ1) is 17.8. The van der Waals surface area contributed by atoms with Crippen molar-refractivity contribution in [1.82, 2.24) is 19.9 Å². The highest BCUT2D eigenvalue weighted by Gasteiger charge is 2.28. The van der Waals surface area contributed by atoms with Crippen molar-refractivity contribution in [1.29, 1.82) is 0 Å². The third-order valence-corrected chi connectivity index (χ3v) is 7.29. The molecule has 0 saturated heterocycles. The number of rotatable bonds is 7. The third kappa shape index (κ3) is 5.76. The van der Waals surface area contributed by atoms with Crippen LogP contribution in [0, 0.1) is 0 Å². The van der Waals surface area contributed by atoms with Gasteiger partial charge in [0, 0.05) is 18.0 Å². The summed E-state index contributed by atoms with van der Waals surface area (Å²) < 4.78 is 7.50. The minimum absolute atomic E-state index is 0.0184. The molecule has 2 aromatic heterocycles. The standard InChI is InChI=1S/C29H30N4O3S/c1-19(14-20-10-6-4-7-11-20)30-25(34)18-37-28-32-26-23(27(35)33(28)22-12-8-5-9-13-22)15-21-17-36-29(2,3)16-24(21)31-26/h4-13,15,19H,14,16-18H2,1-3H3,(H,30,34)/t19-/m1/s1. The van der Waals surface area contributed by atoms with Crippen LogP contribution in [0.5, 0.6) is 0 Å². The van der Waals surface area contributed by atoms with Crippen molar-refractivity contribution in [3.8, 4) is 5.69 Å². The number of benzene rings is 2. The van der Waals surface area contributed by atoms with Crippen molar-refractivity contribution < 1.29 is 9.53 Å². The number of thioether (sulfide) groups is 1. The number of amides is 1. The molecule has 0 unspecified atom stereocenters. The highest BCUT2D eigenvalue weighted by atomic mass is 32.2. The zero-order chi connectivity index (χ0) is 26.0. The van der Waals surface area contributed by atoms with E-state index in [2.05, 4.69) is 5.32 Å². The Morgan fingerprint density at radius 3 is 2.54 bits per heavy atom. The summed E-state index contributed by atoms with van der Waals surface area (Å²) in [4.78, 5) is 36.1. The van der Waals surface area contributed by atoms with E-state index in [0.29, 0.717) is 34.9 Å². The molecule has 1 atom stereocenters. The van der Waals surface area contributed by atoms with Gasteiger partial charge in [-0.05, 0) is 51.0 Å². The number of hydrogen-bond donors (Lipinski definition) is 1. The molecular formula is C29H30N4O3S. The third-order valence-electron chi connectivity index (χ3n) is 6.35. The van der Waals surface area contributed by atoms with Crippen LogP contribution in [-0.4, -0.2) is 37.8 Å². The SMILES string of the molecule is C[C@H](Cc1ccccc1)NC(=O)CSc1nc2nc3c(cc2c(=O)n1-c1ccccc1)COC(C)(C)C3. The average molecular weight is 515 g/mol. The molecule has 190 valence electrons. The molecule has 37 heavy (non-hydrogen) atoms. The molecule has 1 aliphatic heterocycles. The summed E-state index contributed by atoms with van der Waals surface area (Å²) in [5, 5.41) is 3.93. The molecule has 1 amide bonds. The first kappa shape index (κ1) is 25.2. The molecule has 5 rings (SSSR count). The van der Waals surface area contributed by atoms with Gasteiger partial charge in [-0.1, -0.05) is 60.3 Å². The lowest BCUT2D eigenvalue weighted by Gasteiger charge is -2.31. The molecule has 0 bridgehead atoms. The zero-order valence-corrected chi connectivity index (χ0v) is 22.0. The van der Waals surface area contributed by atoms with Crippen molar-refractivity contribution >= 4 is 28.7 Å². The second-order valence-corrected chi connectivity index (χ2v) is 11.0. The minimum atomic E-state index is -0.321. The summed E-state index contributed by atoms with van der Waals surface area (Å²) in [5.41, 5.74) is 3.54. The maximum atomic E-state index is 13.7. The number of para-hydroxylation sites is 1. The quantitative estimate of drug-likeness (QED) is 0.289. The van der Waals surface area contributed by atoms with Gasteiger partial charge in [-0.25, -0.2) is 9.97 Å². The van der Waals surface area contributed by atoms with E-state index in [4.69, 9.17) is 14.7 Å². The van der Waals surface area contributed by atoms with Crippen LogP contribution in [0.2, 0.25) is 0 Å². The van der Waals surface area contributed by atoms with Crippen molar-refractivity contribution in [3.63, 3.8) is 0 Å². The van der Waals surface area contributed by atoms with Gasteiger partial charge in [0.25, 0.3) is 5.56 Å². The van der Waals surface area contributed by atoms with Gasteiger partial charge in [-0.3, -0.25) is 14.2 Å². The molecule has 8 heteroatoms. The largest absolute Gasteiger partial charge is 0.370 e. The molecule has 0 radical (unpaired) electrons. The average Bonchev–Trinajstić information content (AvgIpc) is 2.87. The Morgan fingerprint density at radius 2 is 1.81 bits per heavy atom. The predicted molar refractivity (Wildman–Crippen MR) is 146 cm³/mol. The Labute approximate surface area is 220 Å². The Balaban J connectivity index is 1.44. The summed E-state index contributed by atoms with van der Waals surface area (Å²) in [6.07, 6.45) is 1.39. The van der Waals surface area contributed by atoms with Crippen molar-refractivity contribution in [3.05, 3.63) is 93.9 Å². The number of carbonyl (C=O) groups is 1. The van der Waals surface area contributed by atoms with Gasteiger partial charge in [0.15, 0.2) is 10.8 Å². The molecule has 1 N–H and O–H groups in total. The van der Waals surface area contributed by atoms with Crippen LogP contribution < -0.4 is 10.9 Å². The molecule has 0 saturated carbocycles. The van der Waals surface area contributed by atoms with Crippen molar-refractivity contribution in [2.75, 3.05) is 5.75 Å². The number of fused-ring (bicyclic) bond motifs is 2. The highest BCUT2D eigenvalue weighted by Crippen LogP contribution is 2.29. The molecular weight excluding hydrogens is 484 g/mol. The van der Waals surface area contributed by atoms with Gasteiger partial charge in [-0.15, -0.1) is 0 Å². The number of hydrogen-bond acceptors (Lipinski definition) is 6. The van der Waals surface area contributed by atoms with E-state index in [1.807, 2.05) is 87.5 Å². The summed E-state index contributed by atoms with van der Waals surface area (Å²) in [5.74, 6) is 0.0232. The van der Waals surface area contributed by atoms with Gasteiger partial charge in [0.05, 0.1) is 34.7 Å². The van der Waals surface area contributed by atoms with Crippen LogP contribution in [0.3, 0.4) is 0 Å². The highest BCUT2D eigenvalue weighted by molar-refractivity contribution is 7.99. The summed E-state index contributed by atoms with van der Waals surface area (Å²) in [6.45, 7) is 6.46. The number of carbonyl (C=O) groups excluding carboxylic acids is 1. The monoisotopic (exact) mass is 514 g/mol. The van der Waals surface area contributed by atoms with Gasteiger partial charge < -0.3 is 10.1 Å². The first-order valence-corrected chi connectivity index (χ1v) is 13.4. The maximum absolute atomic E-state index is 13.7. The molecule has 2 aromatic carbocycles. The van der Waals surface area contributed by atoms with Crippen LogP contribution in [0.1, 0.15) is 37.6 Å². The van der Waals surface area contributed by atoms with Crippen molar-refractivity contribution in [2.45, 2.75) is 57.0 Å². The molecule has 0 spiro atoms.